The molecule has 100 valence electrons. The molecule has 4 heteroatoms. The number of benzene rings is 2. The van der Waals surface area contributed by atoms with Crippen LogP contribution in [0.5, 0.6) is 11.5 Å². The summed E-state index contributed by atoms with van der Waals surface area (Å²) in [4.78, 5) is 0. The van der Waals surface area contributed by atoms with Crippen molar-refractivity contribution in [1.29, 1.82) is 0 Å². The smallest absolute Gasteiger partial charge is 0.407 e. The largest absolute Gasteiger partial charge is 0.509 e. The lowest BCUT2D eigenvalue weighted by molar-refractivity contribution is -0.423. The lowest BCUT2D eigenvalue weighted by Crippen LogP contribution is -2.46. The Balaban J connectivity index is 2.18. The summed E-state index contributed by atoms with van der Waals surface area (Å²) in [5.41, 5.74) is 0. The quantitative estimate of drug-likeness (QED) is 0.748. The van der Waals surface area contributed by atoms with Crippen LogP contribution in [0.2, 0.25) is 0 Å². The topological polar surface area (TPSA) is 36.9 Å². The highest BCUT2D eigenvalue weighted by Crippen LogP contribution is 2.24. The van der Waals surface area contributed by atoms with E-state index in [0.717, 1.165) is 0 Å². The molecule has 0 aliphatic carbocycles. The highest BCUT2D eigenvalue weighted by Gasteiger charge is 2.36. The molecule has 0 N–H and O–H groups in total. The molecule has 2 aromatic rings. The predicted octanol–water partition coefficient (Wildman–Crippen LogP) is 3.05. The third-order valence-corrected chi connectivity index (χ3v) is 2.47. The standard InChI is InChI=1S/C15H16O4/c1-16-15(17-2,18-13-9-5-3-6-10-13)19-14-11-7-4-8-12-14/h3-12H,1-2H3. The Morgan fingerprint density at radius 2 is 1.00 bits per heavy atom. The van der Waals surface area contributed by atoms with E-state index in [2.05, 4.69) is 0 Å². The van der Waals surface area contributed by atoms with E-state index in [1.165, 1.54) is 14.2 Å². The van der Waals surface area contributed by atoms with Gasteiger partial charge in [-0.3, -0.25) is 9.47 Å². The van der Waals surface area contributed by atoms with Crippen molar-refractivity contribution < 1.29 is 18.9 Å². The Kier molecular flexibility index (Phi) is 4.39. The summed E-state index contributed by atoms with van der Waals surface area (Å²) in [6.07, 6.45) is -1.61. The molecule has 0 aromatic heterocycles. The maximum Gasteiger partial charge on any atom is 0.509 e. The van der Waals surface area contributed by atoms with Gasteiger partial charge in [0.1, 0.15) is 11.5 Å². The van der Waals surface area contributed by atoms with Crippen molar-refractivity contribution in [3.05, 3.63) is 60.7 Å². The fourth-order valence-electron chi connectivity index (χ4n) is 1.54. The zero-order chi connectivity index (χ0) is 13.6. The SMILES string of the molecule is COC(OC)(Oc1ccccc1)Oc1ccccc1. The summed E-state index contributed by atoms with van der Waals surface area (Å²) in [5.74, 6) is 1.17. The summed E-state index contributed by atoms with van der Waals surface area (Å²) in [7, 11) is 2.91. The van der Waals surface area contributed by atoms with E-state index in [1.54, 1.807) is 24.3 Å². The highest BCUT2D eigenvalue weighted by molar-refractivity contribution is 5.23. The molecule has 0 bridgehead atoms. The van der Waals surface area contributed by atoms with Crippen LogP contribution in [0, 0.1) is 0 Å². The van der Waals surface area contributed by atoms with Crippen LogP contribution in [-0.4, -0.2) is 20.4 Å². The third-order valence-electron chi connectivity index (χ3n) is 2.47. The highest BCUT2D eigenvalue weighted by atomic mass is 17.0. The molecule has 0 spiro atoms. The van der Waals surface area contributed by atoms with E-state index in [1.807, 2.05) is 36.4 Å². The first-order valence-electron chi connectivity index (χ1n) is 5.86. The van der Waals surface area contributed by atoms with Gasteiger partial charge in [0.2, 0.25) is 0 Å². The van der Waals surface area contributed by atoms with E-state index < -0.39 is 6.16 Å². The lowest BCUT2D eigenvalue weighted by Gasteiger charge is -2.29. The molecule has 2 aromatic carbocycles. The van der Waals surface area contributed by atoms with Gasteiger partial charge >= 0.3 is 6.16 Å². The first-order chi connectivity index (χ1) is 9.28. The molecule has 0 saturated heterocycles. The van der Waals surface area contributed by atoms with Crippen LogP contribution in [0.1, 0.15) is 0 Å². The molecule has 0 saturated carbocycles. The van der Waals surface area contributed by atoms with E-state index in [0.29, 0.717) is 11.5 Å². The number of methoxy groups -OCH3 is 2. The third kappa shape index (κ3) is 3.47. The minimum Gasteiger partial charge on any atom is -0.407 e. The molecule has 0 heterocycles. The summed E-state index contributed by atoms with van der Waals surface area (Å²) in [5, 5.41) is 0. The van der Waals surface area contributed by atoms with Gasteiger partial charge in [-0.2, -0.15) is 0 Å². The van der Waals surface area contributed by atoms with Crippen molar-refractivity contribution in [3.8, 4) is 11.5 Å². The minimum absolute atomic E-state index is 0.585. The van der Waals surface area contributed by atoms with Gasteiger partial charge in [0.25, 0.3) is 0 Å². The molecule has 19 heavy (non-hydrogen) atoms. The van der Waals surface area contributed by atoms with Crippen molar-refractivity contribution in [2.75, 3.05) is 14.2 Å². The second-order valence-corrected chi connectivity index (χ2v) is 3.74. The second-order valence-electron chi connectivity index (χ2n) is 3.74. The van der Waals surface area contributed by atoms with Crippen molar-refractivity contribution >= 4 is 0 Å². The summed E-state index contributed by atoms with van der Waals surface area (Å²) in [6.45, 7) is 0. The maximum atomic E-state index is 5.64. The predicted molar refractivity (Wildman–Crippen MR) is 70.9 cm³/mol. The van der Waals surface area contributed by atoms with Gasteiger partial charge in [-0.25, -0.2) is 0 Å². The fourth-order valence-corrected chi connectivity index (χ4v) is 1.54. The van der Waals surface area contributed by atoms with E-state index in [4.69, 9.17) is 18.9 Å². The first-order valence-corrected chi connectivity index (χ1v) is 5.86. The monoisotopic (exact) mass is 260 g/mol. The van der Waals surface area contributed by atoms with Gasteiger partial charge in [-0.15, -0.1) is 0 Å². The van der Waals surface area contributed by atoms with Crippen LogP contribution in [0.3, 0.4) is 0 Å². The van der Waals surface area contributed by atoms with Crippen LogP contribution in [0.4, 0.5) is 0 Å². The summed E-state index contributed by atoms with van der Waals surface area (Å²) >= 11 is 0. The van der Waals surface area contributed by atoms with E-state index in [-0.39, 0.29) is 0 Å². The van der Waals surface area contributed by atoms with Crippen molar-refractivity contribution in [2.24, 2.45) is 0 Å². The number of ether oxygens (including phenoxy) is 4. The molecule has 2 rings (SSSR count). The Morgan fingerprint density at radius 3 is 1.32 bits per heavy atom. The second kappa shape index (κ2) is 6.22. The van der Waals surface area contributed by atoms with Crippen molar-refractivity contribution in [1.82, 2.24) is 0 Å². The van der Waals surface area contributed by atoms with Gasteiger partial charge in [0.15, 0.2) is 0 Å². The van der Waals surface area contributed by atoms with Crippen molar-refractivity contribution in [2.45, 2.75) is 6.16 Å². The lowest BCUT2D eigenvalue weighted by atomic mass is 10.3. The van der Waals surface area contributed by atoms with E-state index >= 15 is 0 Å². The molecular formula is C15H16O4. The number of rotatable bonds is 6. The zero-order valence-electron chi connectivity index (χ0n) is 10.9. The summed E-state index contributed by atoms with van der Waals surface area (Å²) in [6, 6.07) is 18.4. The molecule has 0 atom stereocenters. The Morgan fingerprint density at radius 1 is 0.632 bits per heavy atom. The van der Waals surface area contributed by atoms with Crippen LogP contribution in [0.15, 0.2) is 60.7 Å². The zero-order valence-corrected chi connectivity index (χ0v) is 10.9. The maximum absolute atomic E-state index is 5.64. The average molecular weight is 260 g/mol. The molecule has 0 radical (unpaired) electrons. The number of hydrogen-bond donors (Lipinski definition) is 0. The first kappa shape index (κ1) is 13.4. The van der Waals surface area contributed by atoms with Gasteiger partial charge in [-0.1, -0.05) is 36.4 Å². The van der Waals surface area contributed by atoms with Crippen LogP contribution in [-0.2, 0) is 9.47 Å². The van der Waals surface area contributed by atoms with Gasteiger partial charge in [0.05, 0.1) is 0 Å². The molecule has 4 nitrogen and oxygen atoms in total. The number of para-hydroxylation sites is 2. The molecule has 0 aliphatic rings. The Bertz CT molecular complexity index is 437. The Hall–Kier alpha value is -2.04. The van der Waals surface area contributed by atoms with E-state index in [9.17, 15) is 0 Å². The molecule has 0 unspecified atom stereocenters. The average Bonchev–Trinajstić information content (AvgIpc) is 2.48. The van der Waals surface area contributed by atoms with Gasteiger partial charge < -0.3 is 9.47 Å². The Labute approximate surface area is 112 Å². The van der Waals surface area contributed by atoms with Gasteiger partial charge in [0, 0.05) is 14.2 Å². The van der Waals surface area contributed by atoms with Crippen LogP contribution < -0.4 is 9.47 Å². The molecule has 0 amide bonds. The molecule has 0 fully saturated rings. The molecular weight excluding hydrogens is 244 g/mol. The normalized spacial score (nSPS) is 11.1. The van der Waals surface area contributed by atoms with Crippen molar-refractivity contribution in [3.63, 3.8) is 0 Å². The number of hydrogen-bond acceptors (Lipinski definition) is 4. The van der Waals surface area contributed by atoms with Crippen LogP contribution >= 0.6 is 0 Å². The minimum atomic E-state index is -1.61. The van der Waals surface area contributed by atoms with Gasteiger partial charge in [-0.05, 0) is 24.3 Å². The molecule has 0 aliphatic heterocycles. The fraction of sp³-hybridized carbons (Fsp3) is 0.200. The van der Waals surface area contributed by atoms with Crippen LogP contribution in [0.25, 0.3) is 0 Å². The summed E-state index contributed by atoms with van der Waals surface area (Å²) < 4.78 is 21.7.